The number of carbonyl (C=O) groups is 1. The molecule has 0 saturated carbocycles. The van der Waals surface area contributed by atoms with Gasteiger partial charge in [0, 0.05) is 6.54 Å². The van der Waals surface area contributed by atoms with Gasteiger partial charge in [-0.3, -0.25) is 4.79 Å². The Morgan fingerprint density at radius 1 is 1.50 bits per heavy atom. The molecule has 0 spiro atoms. The van der Waals surface area contributed by atoms with Crippen LogP contribution in [-0.4, -0.2) is 24.2 Å². The number of hydrogen-bond donors (Lipinski definition) is 2. The van der Waals surface area contributed by atoms with Crippen LogP contribution in [0.5, 0.6) is 0 Å². The van der Waals surface area contributed by atoms with Crippen LogP contribution in [0.4, 0.5) is 0 Å². The van der Waals surface area contributed by atoms with E-state index in [1.54, 1.807) is 0 Å². The van der Waals surface area contributed by atoms with Gasteiger partial charge >= 0.3 is 5.97 Å². The van der Waals surface area contributed by atoms with Crippen LogP contribution < -0.4 is 5.32 Å². The molecule has 0 amide bonds. The van der Waals surface area contributed by atoms with Crippen molar-refractivity contribution in [2.24, 2.45) is 11.3 Å². The van der Waals surface area contributed by atoms with Gasteiger partial charge in [0.1, 0.15) is 0 Å². The molecule has 0 unspecified atom stereocenters. The molecule has 0 aliphatic rings. The van der Waals surface area contributed by atoms with Gasteiger partial charge in [-0.2, -0.15) is 0 Å². The molecule has 3 heteroatoms. The van der Waals surface area contributed by atoms with Crippen molar-refractivity contribution in [3.05, 3.63) is 0 Å². The molecule has 0 aromatic heterocycles. The summed E-state index contributed by atoms with van der Waals surface area (Å²) in [5.41, 5.74) is 0.162. The fourth-order valence-electron chi connectivity index (χ4n) is 0.696. The number of hydrogen-bond acceptors (Lipinski definition) is 2. The van der Waals surface area contributed by atoms with E-state index in [1.165, 1.54) is 0 Å². The summed E-state index contributed by atoms with van der Waals surface area (Å²) in [4.78, 5) is 10.2. The zero-order valence-electron chi connectivity index (χ0n) is 8.35. The normalized spacial score (nSPS) is 12.1. The highest BCUT2D eigenvalue weighted by Gasteiger charge is 2.21. The van der Waals surface area contributed by atoms with Gasteiger partial charge in [-0.25, -0.2) is 0 Å². The quantitative estimate of drug-likeness (QED) is 0.659. The molecule has 0 radical (unpaired) electrons. The van der Waals surface area contributed by atoms with Crippen molar-refractivity contribution >= 4 is 5.97 Å². The molecular weight excluding hydrogens is 154 g/mol. The predicted octanol–water partition coefficient (Wildman–Crippen LogP) is 1.34. The summed E-state index contributed by atoms with van der Waals surface area (Å²) in [5, 5.41) is 11.3. The minimum absolute atomic E-state index is 0.0517. The minimum Gasteiger partial charge on any atom is -0.480 e. The predicted molar refractivity (Wildman–Crippen MR) is 49.1 cm³/mol. The van der Waals surface area contributed by atoms with E-state index in [4.69, 9.17) is 5.11 Å². The maximum absolute atomic E-state index is 10.2. The van der Waals surface area contributed by atoms with E-state index in [2.05, 4.69) is 33.0 Å². The van der Waals surface area contributed by atoms with Gasteiger partial charge in [0.2, 0.25) is 0 Å². The summed E-state index contributed by atoms with van der Waals surface area (Å²) in [7, 11) is 0. The Morgan fingerprint density at radius 3 is 2.33 bits per heavy atom. The van der Waals surface area contributed by atoms with Crippen molar-refractivity contribution in [1.82, 2.24) is 5.32 Å². The van der Waals surface area contributed by atoms with Gasteiger partial charge in [0.25, 0.3) is 0 Å². The molecule has 0 aromatic carbocycles. The van der Waals surface area contributed by atoms with Gasteiger partial charge in [0.15, 0.2) is 0 Å². The first kappa shape index (κ1) is 11.4. The third-order valence-corrected chi connectivity index (χ3v) is 2.42. The number of carboxylic acids is 1. The maximum atomic E-state index is 10.2. The Bertz CT molecular complexity index is 153. The lowest BCUT2D eigenvalue weighted by molar-refractivity contribution is -0.136. The fourth-order valence-corrected chi connectivity index (χ4v) is 0.696. The fraction of sp³-hybridized carbons (Fsp3) is 0.889. The van der Waals surface area contributed by atoms with Crippen LogP contribution >= 0.6 is 0 Å². The Hall–Kier alpha value is -0.570. The van der Waals surface area contributed by atoms with Gasteiger partial charge < -0.3 is 10.4 Å². The molecule has 0 aliphatic heterocycles. The first-order valence-electron chi connectivity index (χ1n) is 4.29. The van der Waals surface area contributed by atoms with E-state index in [0.717, 1.165) is 6.54 Å². The van der Waals surface area contributed by atoms with Crippen LogP contribution in [0.2, 0.25) is 0 Å². The molecule has 0 heterocycles. The van der Waals surface area contributed by atoms with Gasteiger partial charge in [0.05, 0.1) is 6.54 Å². The van der Waals surface area contributed by atoms with Crippen molar-refractivity contribution in [3.8, 4) is 0 Å². The highest BCUT2D eigenvalue weighted by Crippen LogP contribution is 2.24. The zero-order chi connectivity index (χ0) is 9.78. The molecule has 0 fully saturated rings. The molecule has 0 saturated heterocycles. The van der Waals surface area contributed by atoms with E-state index in [1.807, 2.05) is 0 Å². The number of nitrogens with one attached hydrogen (secondary N) is 1. The van der Waals surface area contributed by atoms with E-state index in [0.29, 0.717) is 5.92 Å². The van der Waals surface area contributed by atoms with E-state index in [-0.39, 0.29) is 12.0 Å². The van der Waals surface area contributed by atoms with Crippen molar-refractivity contribution < 1.29 is 9.90 Å². The molecule has 2 N–H and O–H groups in total. The molecule has 12 heavy (non-hydrogen) atoms. The molecule has 3 nitrogen and oxygen atoms in total. The van der Waals surface area contributed by atoms with Crippen LogP contribution in [0, 0.1) is 11.3 Å². The van der Waals surface area contributed by atoms with E-state index >= 15 is 0 Å². The monoisotopic (exact) mass is 173 g/mol. The highest BCUT2D eigenvalue weighted by atomic mass is 16.4. The molecule has 0 aromatic rings. The van der Waals surface area contributed by atoms with Crippen molar-refractivity contribution in [2.45, 2.75) is 27.7 Å². The zero-order valence-corrected chi connectivity index (χ0v) is 8.35. The Balaban J connectivity index is 3.69. The largest absolute Gasteiger partial charge is 0.480 e. The summed E-state index contributed by atoms with van der Waals surface area (Å²) < 4.78 is 0. The summed E-state index contributed by atoms with van der Waals surface area (Å²) in [6.07, 6.45) is 0. The Morgan fingerprint density at radius 2 is 2.00 bits per heavy atom. The average molecular weight is 173 g/mol. The minimum atomic E-state index is -0.797. The van der Waals surface area contributed by atoms with Crippen molar-refractivity contribution in [2.75, 3.05) is 13.1 Å². The Kier molecular flexibility index (Phi) is 4.24. The summed E-state index contributed by atoms with van der Waals surface area (Å²) in [6.45, 7) is 9.34. The topological polar surface area (TPSA) is 49.3 Å². The van der Waals surface area contributed by atoms with Crippen LogP contribution in [0.15, 0.2) is 0 Å². The SMILES string of the molecule is CC(C)C(C)(C)CNCC(=O)O. The van der Waals surface area contributed by atoms with Gasteiger partial charge in [-0.15, -0.1) is 0 Å². The van der Waals surface area contributed by atoms with Crippen molar-refractivity contribution in [3.63, 3.8) is 0 Å². The second-order valence-electron chi connectivity index (χ2n) is 4.14. The van der Waals surface area contributed by atoms with Crippen LogP contribution in [0.3, 0.4) is 0 Å². The summed E-state index contributed by atoms with van der Waals surface area (Å²) in [5.74, 6) is -0.242. The van der Waals surface area contributed by atoms with Crippen molar-refractivity contribution in [1.29, 1.82) is 0 Å². The van der Waals surface area contributed by atoms with Crippen LogP contribution in [0.25, 0.3) is 0 Å². The first-order valence-corrected chi connectivity index (χ1v) is 4.29. The lowest BCUT2D eigenvalue weighted by Gasteiger charge is -2.29. The number of carboxylic acid groups (broad SMARTS) is 1. The number of aliphatic carboxylic acids is 1. The third kappa shape index (κ3) is 4.34. The molecule has 0 bridgehead atoms. The molecule has 0 rings (SSSR count). The molecular formula is C9H19NO2. The first-order chi connectivity index (χ1) is 5.36. The molecule has 0 aliphatic carbocycles. The smallest absolute Gasteiger partial charge is 0.317 e. The highest BCUT2D eigenvalue weighted by molar-refractivity contribution is 5.68. The second-order valence-corrected chi connectivity index (χ2v) is 4.14. The Labute approximate surface area is 74.2 Å². The summed E-state index contributed by atoms with van der Waals surface area (Å²) >= 11 is 0. The van der Waals surface area contributed by atoms with E-state index in [9.17, 15) is 4.79 Å². The van der Waals surface area contributed by atoms with Gasteiger partial charge in [-0.1, -0.05) is 27.7 Å². The average Bonchev–Trinajstić information content (AvgIpc) is 1.85. The lowest BCUT2D eigenvalue weighted by atomic mass is 9.81. The molecule has 72 valence electrons. The van der Waals surface area contributed by atoms with Gasteiger partial charge in [-0.05, 0) is 11.3 Å². The standard InChI is InChI=1S/C9H19NO2/c1-7(2)9(3,4)6-10-5-8(11)12/h7,10H,5-6H2,1-4H3,(H,11,12). The van der Waals surface area contributed by atoms with E-state index < -0.39 is 5.97 Å². The number of rotatable bonds is 5. The lowest BCUT2D eigenvalue weighted by Crippen LogP contribution is -2.36. The summed E-state index contributed by atoms with van der Waals surface area (Å²) in [6, 6.07) is 0. The molecule has 0 atom stereocenters. The van der Waals surface area contributed by atoms with Crippen LogP contribution in [0.1, 0.15) is 27.7 Å². The third-order valence-electron chi connectivity index (χ3n) is 2.42. The second kappa shape index (κ2) is 4.45. The van der Waals surface area contributed by atoms with Crippen LogP contribution in [-0.2, 0) is 4.79 Å². The maximum Gasteiger partial charge on any atom is 0.317 e.